The van der Waals surface area contributed by atoms with Gasteiger partial charge in [0.15, 0.2) is 0 Å². The first-order chi connectivity index (χ1) is 18.3. The number of carbonyl (C=O) groups excluding carboxylic acids is 2. The van der Waals surface area contributed by atoms with E-state index in [1.807, 2.05) is 44.2 Å². The summed E-state index contributed by atoms with van der Waals surface area (Å²) >= 11 is 0. The van der Waals surface area contributed by atoms with Crippen LogP contribution in [0.2, 0.25) is 0 Å². The monoisotopic (exact) mass is 517 g/mol. The molecule has 0 aliphatic carbocycles. The molecule has 0 radical (unpaired) electrons. The first-order valence-electron chi connectivity index (χ1n) is 12.4. The lowest BCUT2D eigenvalue weighted by molar-refractivity contribution is -0.384. The van der Waals surface area contributed by atoms with E-state index in [9.17, 15) is 19.7 Å². The van der Waals surface area contributed by atoms with E-state index >= 15 is 0 Å². The van der Waals surface area contributed by atoms with Gasteiger partial charge in [-0.05, 0) is 55.3 Å². The van der Waals surface area contributed by atoms with Gasteiger partial charge in [0.1, 0.15) is 0 Å². The Labute approximate surface area is 220 Å². The average Bonchev–Trinajstić information content (AvgIpc) is 2.92. The number of nitrogens with two attached hydrogens (primary N) is 1. The van der Waals surface area contributed by atoms with Crippen molar-refractivity contribution in [2.24, 2.45) is 5.73 Å². The Bertz CT molecular complexity index is 1320. The Morgan fingerprint density at radius 1 is 0.974 bits per heavy atom. The summed E-state index contributed by atoms with van der Waals surface area (Å²) < 4.78 is 5.66. The van der Waals surface area contributed by atoms with Gasteiger partial charge in [-0.15, -0.1) is 0 Å². The molecule has 38 heavy (non-hydrogen) atoms. The zero-order valence-corrected chi connectivity index (χ0v) is 21.3. The van der Waals surface area contributed by atoms with Crippen LogP contribution in [0, 0.1) is 10.1 Å². The first kappa shape index (κ1) is 26.8. The predicted octanol–water partition coefficient (Wildman–Crippen LogP) is 3.85. The molecule has 0 bridgehead atoms. The summed E-state index contributed by atoms with van der Waals surface area (Å²) in [5.74, 6) is -0.727. The summed E-state index contributed by atoms with van der Waals surface area (Å²) in [7, 11) is 0. The van der Waals surface area contributed by atoms with Crippen LogP contribution < -0.4 is 21.3 Å². The molecule has 0 spiro atoms. The largest absolute Gasteiger partial charge is 0.377 e. The lowest BCUT2D eigenvalue weighted by Gasteiger charge is -2.41. The first-order valence-corrected chi connectivity index (χ1v) is 12.4. The smallest absolute Gasteiger partial charge is 0.269 e. The number of hydrogen-bond donors (Lipinski definition) is 3. The van der Waals surface area contributed by atoms with Gasteiger partial charge in [-0.25, -0.2) is 0 Å². The van der Waals surface area contributed by atoms with Crippen molar-refractivity contribution >= 4 is 28.9 Å². The number of benzene rings is 3. The van der Waals surface area contributed by atoms with Gasteiger partial charge in [0.2, 0.25) is 0 Å². The van der Waals surface area contributed by atoms with Crippen LogP contribution >= 0.6 is 0 Å². The number of nitrogens with zero attached hydrogens (tertiary/aromatic N) is 2. The van der Waals surface area contributed by atoms with Crippen molar-refractivity contribution in [1.29, 1.82) is 0 Å². The fraction of sp³-hybridized carbons (Fsp3) is 0.286. The molecule has 0 aromatic heterocycles. The van der Waals surface area contributed by atoms with Crippen LogP contribution in [0.1, 0.15) is 45.7 Å². The molecule has 0 saturated carbocycles. The topological polar surface area (TPSA) is 140 Å². The Morgan fingerprint density at radius 3 is 2.29 bits per heavy atom. The van der Waals surface area contributed by atoms with Crippen molar-refractivity contribution in [2.45, 2.75) is 39.0 Å². The molecule has 1 fully saturated rings. The number of morpholine rings is 1. The number of nitro benzene ring substituents is 1. The SMILES string of the molecule is CC1COCC(C)N1c1ccc(C(=O)NCc2cccc(CN)c2)cc1NC(=O)c1ccc([N+](=O)[O-])cc1. The number of rotatable bonds is 8. The minimum atomic E-state index is -0.518. The summed E-state index contributed by atoms with van der Waals surface area (Å²) in [6.07, 6.45) is 0. The highest BCUT2D eigenvalue weighted by Crippen LogP contribution is 2.33. The number of ether oxygens (including phenoxy) is 1. The highest BCUT2D eigenvalue weighted by atomic mass is 16.6. The van der Waals surface area contributed by atoms with Crippen molar-refractivity contribution in [3.63, 3.8) is 0 Å². The van der Waals surface area contributed by atoms with E-state index in [4.69, 9.17) is 10.5 Å². The number of amides is 2. The second-order valence-electron chi connectivity index (χ2n) is 9.34. The molecule has 4 N–H and O–H groups in total. The fourth-order valence-electron chi connectivity index (χ4n) is 4.56. The maximum Gasteiger partial charge on any atom is 0.269 e. The predicted molar refractivity (Wildman–Crippen MR) is 145 cm³/mol. The van der Waals surface area contributed by atoms with Gasteiger partial charge in [-0.1, -0.05) is 24.3 Å². The standard InChI is InChI=1S/C28H31N5O5/c1-18-16-38-17-19(2)32(18)26-11-8-23(27(34)30-15-21-5-3-4-20(12-21)14-29)13-25(26)31-28(35)22-6-9-24(10-7-22)33(36)37/h3-13,18-19H,14-17,29H2,1-2H3,(H,30,34)(H,31,35). The molecule has 198 valence electrons. The molecule has 1 saturated heterocycles. The normalized spacial score (nSPS) is 17.1. The molecule has 1 aliphatic rings. The Balaban J connectivity index is 1.60. The number of nitrogens with one attached hydrogen (secondary N) is 2. The summed E-state index contributed by atoms with van der Waals surface area (Å²) in [6.45, 7) is 5.88. The third-order valence-corrected chi connectivity index (χ3v) is 6.47. The van der Waals surface area contributed by atoms with Crippen molar-refractivity contribution in [3.05, 3.63) is 99.1 Å². The molecule has 3 aromatic rings. The van der Waals surface area contributed by atoms with E-state index in [-0.39, 0.29) is 29.2 Å². The summed E-state index contributed by atoms with van der Waals surface area (Å²) in [6, 6.07) is 18.4. The van der Waals surface area contributed by atoms with E-state index < -0.39 is 10.8 Å². The number of hydrogen-bond acceptors (Lipinski definition) is 7. The van der Waals surface area contributed by atoms with Crippen molar-refractivity contribution in [3.8, 4) is 0 Å². The molecule has 1 aliphatic heterocycles. The van der Waals surface area contributed by atoms with Gasteiger partial charge in [0, 0.05) is 48.4 Å². The molecule has 1 heterocycles. The summed E-state index contributed by atoms with van der Waals surface area (Å²) in [4.78, 5) is 38.8. The number of carbonyl (C=O) groups is 2. The lowest BCUT2D eigenvalue weighted by atomic mass is 10.1. The number of nitro groups is 1. The summed E-state index contributed by atoms with van der Waals surface area (Å²) in [5, 5.41) is 16.8. The van der Waals surface area contributed by atoms with Crippen LogP contribution in [0.4, 0.5) is 17.1 Å². The maximum atomic E-state index is 13.1. The van der Waals surface area contributed by atoms with Crippen LogP contribution in [-0.2, 0) is 17.8 Å². The summed E-state index contributed by atoms with van der Waals surface area (Å²) in [5.41, 5.74) is 9.40. The van der Waals surface area contributed by atoms with Crippen molar-refractivity contribution in [2.75, 3.05) is 23.4 Å². The zero-order chi connectivity index (χ0) is 27.2. The minimum absolute atomic E-state index is 0.0447. The van der Waals surface area contributed by atoms with Crippen molar-refractivity contribution < 1.29 is 19.2 Å². The molecule has 2 atom stereocenters. The van der Waals surface area contributed by atoms with Crippen LogP contribution in [0.3, 0.4) is 0 Å². The van der Waals surface area contributed by atoms with E-state index in [1.165, 1.54) is 24.3 Å². The fourth-order valence-corrected chi connectivity index (χ4v) is 4.56. The molecule has 10 heteroatoms. The van der Waals surface area contributed by atoms with Gasteiger partial charge in [0.05, 0.1) is 29.5 Å². The van der Waals surface area contributed by atoms with Crippen molar-refractivity contribution in [1.82, 2.24) is 5.32 Å². The molecular formula is C28H31N5O5. The Kier molecular flexibility index (Phi) is 8.35. The molecular weight excluding hydrogens is 486 g/mol. The van der Waals surface area contributed by atoms with E-state index in [0.29, 0.717) is 37.6 Å². The van der Waals surface area contributed by atoms with Crippen LogP contribution in [0.5, 0.6) is 0 Å². The second kappa shape index (κ2) is 11.8. The third kappa shape index (κ3) is 6.16. The van der Waals surface area contributed by atoms with Crippen LogP contribution in [-0.4, -0.2) is 42.0 Å². The average molecular weight is 518 g/mol. The minimum Gasteiger partial charge on any atom is -0.377 e. The van der Waals surface area contributed by atoms with E-state index in [0.717, 1.165) is 16.8 Å². The lowest BCUT2D eigenvalue weighted by Crippen LogP contribution is -2.50. The van der Waals surface area contributed by atoms with Crippen LogP contribution in [0.25, 0.3) is 0 Å². The third-order valence-electron chi connectivity index (χ3n) is 6.47. The second-order valence-corrected chi connectivity index (χ2v) is 9.34. The Morgan fingerprint density at radius 2 is 1.63 bits per heavy atom. The number of non-ortho nitro benzene ring substituents is 1. The molecule has 2 unspecified atom stereocenters. The maximum absolute atomic E-state index is 13.1. The molecule has 10 nitrogen and oxygen atoms in total. The van der Waals surface area contributed by atoms with E-state index in [1.54, 1.807) is 12.1 Å². The zero-order valence-electron chi connectivity index (χ0n) is 21.3. The highest BCUT2D eigenvalue weighted by molar-refractivity contribution is 6.07. The molecule has 4 rings (SSSR count). The van der Waals surface area contributed by atoms with Crippen LogP contribution in [0.15, 0.2) is 66.7 Å². The van der Waals surface area contributed by atoms with Gasteiger partial charge < -0.3 is 26.0 Å². The quantitative estimate of drug-likeness (QED) is 0.305. The van der Waals surface area contributed by atoms with Gasteiger partial charge in [-0.2, -0.15) is 0 Å². The van der Waals surface area contributed by atoms with Gasteiger partial charge >= 0.3 is 0 Å². The van der Waals surface area contributed by atoms with E-state index in [2.05, 4.69) is 15.5 Å². The van der Waals surface area contributed by atoms with Gasteiger partial charge in [-0.3, -0.25) is 19.7 Å². The highest BCUT2D eigenvalue weighted by Gasteiger charge is 2.28. The molecule has 3 aromatic carbocycles. The number of anilines is 2. The molecule has 2 amide bonds. The van der Waals surface area contributed by atoms with Gasteiger partial charge in [0.25, 0.3) is 17.5 Å². The Hall–Kier alpha value is -4.28.